The van der Waals surface area contributed by atoms with Gasteiger partial charge in [-0.2, -0.15) is 0 Å². The van der Waals surface area contributed by atoms with Crippen molar-refractivity contribution in [2.24, 2.45) is 0 Å². The average Bonchev–Trinajstić information content (AvgIpc) is 2.12. The summed E-state index contributed by atoms with van der Waals surface area (Å²) in [5, 5.41) is 0. The van der Waals surface area contributed by atoms with E-state index in [1.54, 1.807) is 7.11 Å². The molecular weight excluding hydrogens is 174 g/mol. The van der Waals surface area contributed by atoms with Gasteiger partial charge in [-0.3, -0.25) is 0 Å². The van der Waals surface area contributed by atoms with Crippen LogP contribution in [0.1, 0.15) is 13.8 Å². The molecule has 0 N–H and O–H groups in total. The number of allylic oxidation sites excluding steroid dienone is 2. The van der Waals surface area contributed by atoms with E-state index in [1.807, 2.05) is 26.0 Å². The Hall–Kier alpha value is -1.02. The van der Waals surface area contributed by atoms with Gasteiger partial charge in [0.15, 0.2) is 0 Å². The predicted molar refractivity (Wildman–Crippen MR) is 62.2 cm³/mol. The Morgan fingerprint density at radius 1 is 1.43 bits per heavy atom. The molecule has 0 saturated heterocycles. The van der Waals surface area contributed by atoms with Crippen LogP contribution in [0.2, 0.25) is 0 Å². The number of hydrogen-bond acceptors (Lipinski definition) is 2. The van der Waals surface area contributed by atoms with Gasteiger partial charge in [0.2, 0.25) is 0 Å². The van der Waals surface area contributed by atoms with Crippen LogP contribution in [0.3, 0.4) is 0 Å². The topological polar surface area (TPSA) is 12.5 Å². The Morgan fingerprint density at radius 2 is 2.07 bits per heavy atom. The summed E-state index contributed by atoms with van der Waals surface area (Å²) in [5.74, 6) is 0. The van der Waals surface area contributed by atoms with E-state index in [4.69, 9.17) is 4.74 Å². The molecule has 14 heavy (non-hydrogen) atoms. The van der Waals surface area contributed by atoms with Gasteiger partial charge in [0, 0.05) is 25.9 Å². The summed E-state index contributed by atoms with van der Waals surface area (Å²) in [6.07, 6.45) is 4.01. The van der Waals surface area contributed by atoms with Gasteiger partial charge < -0.3 is 9.64 Å². The number of ether oxygens (including phenoxy) is 1. The molecule has 0 aromatic carbocycles. The highest BCUT2D eigenvalue weighted by Gasteiger charge is 2.03. The Morgan fingerprint density at radius 3 is 2.50 bits per heavy atom. The predicted octanol–water partition coefficient (Wildman–Crippen LogP) is 2.60. The van der Waals surface area contributed by atoms with Gasteiger partial charge in [0.25, 0.3) is 0 Å². The second kappa shape index (κ2) is 7.39. The minimum absolute atomic E-state index is 0.718. The first-order chi connectivity index (χ1) is 6.61. The van der Waals surface area contributed by atoms with Gasteiger partial charge in [-0.15, -0.1) is 0 Å². The average molecular weight is 195 g/mol. The second-order valence-corrected chi connectivity index (χ2v) is 3.31. The molecule has 0 atom stereocenters. The third kappa shape index (κ3) is 5.60. The third-order valence-electron chi connectivity index (χ3n) is 1.90. The van der Waals surface area contributed by atoms with Gasteiger partial charge in [-0.1, -0.05) is 25.3 Å². The Bertz CT molecular complexity index is 218. The van der Waals surface area contributed by atoms with Crippen molar-refractivity contribution < 1.29 is 4.74 Å². The standard InChI is InChI=1S/C12H21NO/c1-6-7-12(4)10-13(11(2)3)8-9-14-5/h6-7H,2,4,8-10H2,1,3,5H3/b7-6-. The molecular formula is C12H21NO. The van der Waals surface area contributed by atoms with Crippen LogP contribution in [-0.2, 0) is 4.74 Å². The van der Waals surface area contributed by atoms with Crippen molar-refractivity contribution in [2.75, 3.05) is 26.8 Å². The van der Waals surface area contributed by atoms with Crippen LogP contribution in [0.15, 0.2) is 36.6 Å². The highest BCUT2D eigenvalue weighted by molar-refractivity contribution is 5.16. The van der Waals surface area contributed by atoms with Gasteiger partial charge in [0.05, 0.1) is 6.61 Å². The lowest BCUT2D eigenvalue weighted by atomic mass is 10.2. The molecule has 0 aromatic heterocycles. The van der Waals surface area contributed by atoms with Crippen molar-refractivity contribution in [3.63, 3.8) is 0 Å². The summed E-state index contributed by atoms with van der Waals surface area (Å²) in [7, 11) is 1.71. The van der Waals surface area contributed by atoms with Crippen molar-refractivity contribution >= 4 is 0 Å². The van der Waals surface area contributed by atoms with Crippen LogP contribution in [0, 0.1) is 0 Å². The van der Waals surface area contributed by atoms with Gasteiger partial charge in [-0.25, -0.2) is 0 Å². The normalized spacial score (nSPS) is 10.5. The molecule has 0 unspecified atom stereocenters. The molecule has 2 nitrogen and oxygen atoms in total. The molecule has 2 heteroatoms. The fourth-order valence-electron chi connectivity index (χ4n) is 1.14. The van der Waals surface area contributed by atoms with Gasteiger partial charge >= 0.3 is 0 Å². The van der Waals surface area contributed by atoms with Crippen molar-refractivity contribution in [3.05, 3.63) is 36.6 Å². The maximum Gasteiger partial charge on any atom is 0.0637 e. The number of methoxy groups -OCH3 is 1. The molecule has 0 aliphatic rings. The van der Waals surface area contributed by atoms with Crippen LogP contribution in [0.4, 0.5) is 0 Å². The zero-order chi connectivity index (χ0) is 11.0. The minimum Gasteiger partial charge on any atom is -0.383 e. The van der Waals surface area contributed by atoms with Gasteiger partial charge in [0.1, 0.15) is 0 Å². The van der Waals surface area contributed by atoms with E-state index >= 15 is 0 Å². The van der Waals surface area contributed by atoms with Crippen LogP contribution in [-0.4, -0.2) is 31.7 Å². The van der Waals surface area contributed by atoms with Crippen molar-refractivity contribution in [3.8, 4) is 0 Å². The fraction of sp³-hybridized carbons (Fsp3) is 0.500. The van der Waals surface area contributed by atoms with Gasteiger partial charge in [-0.05, 0) is 19.4 Å². The van der Waals surface area contributed by atoms with E-state index in [9.17, 15) is 0 Å². The van der Waals surface area contributed by atoms with Crippen molar-refractivity contribution in [1.29, 1.82) is 0 Å². The SMILES string of the molecule is C=C(/C=C\C)CN(CCOC)C(=C)C. The summed E-state index contributed by atoms with van der Waals surface area (Å²) in [6, 6.07) is 0. The van der Waals surface area contributed by atoms with Crippen molar-refractivity contribution in [1.82, 2.24) is 4.90 Å². The van der Waals surface area contributed by atoms with E-state index in [0.29, 0.717) is 0 Å². The molecule has 0 fully saturated rings. The first-order valence-corrected chi connectivity index (χ1v) is 4.81. The molecule has 0 aliphatic carbocycles. The Kier molecular flexibility index (Phi) is 6.85. The van der Waals surface area contributed by atoms with Crippen molar-refractivity contribution in [2.45, 2.75) is 13.8 Å². The van der Waals surface area contributed by atoms with E-state index in [2.05, 4.69) is 18.1 Å². The lowest BCUT2D eigenvalue weighted by Gasteiger charge is -2.24. The molecule has 0 aliphatic heterocycles. The van der Waals surface area contributed by atoms with E-state index in [0.717, 1.165) is 31.0 Å². The lowest BCUT2D eigenvalue weighted by molar-refractivity contribution is 0.168. The van der Waals surface area contributed by atoms with E-state index in [-0.39, 0.29) is 0 Å². The fourth-order valence-corrected chi connectivity index (χ4v) is 1.14. The highest BCUT2D eigenvalue weighted by Crippen LogP contribution is 2.05. The molecule has 0 heterocycles. The zero-order valence-electron chi connectivity index (χ0n) is 9.55. The number of rotatable bonds is 7. The third-order valence-corrected chi connectivity index (χ3v) is 1.90. The molecule has 0 spiro atoms. The van der Waals surface area contributed by atoms with E-state index in [1.165, 1.54) is 0 Å². The number of nitrogens with zero attached hydrogens (tertiary/aromatic N) is 1. The minimum atomic E-state index is 0.718. The molecule has 0 bridgehead atoms. The maximum atomic E-state index is 5.03. The van der Waals surface area contributed by atoms with Crippen LogP contribution < -0.4 is 0 Å². The summed E-state index contributed by atoms with van der Waals surface area (Å²) < 4.78 is 5.03. The molecule has 0 radical (unpaired) electrons. The second-order valence-electron chi connectivity index (χ2n) is 3.31. The summed E-state index contributed by atoms with van der Waals surface area (Å²) in [5.41, 5.74) is 2.14. The number of hydrogen-bond donors (Lipinski definition) is 0. The summed E-state index contributed by atoms with van der Waals surface area (Å²) in [4.78, 5) is 2.16. The monoisotopic (exact) mass is 195 g/mol. The Balaban J connectivity index is 4.08. The van der Waals surface area contributed by atoms with E-state index < -0.39 is 0 Å². The molecule has 0 aromatic rings. The first-order valence-electron chi connectivity index (χ1n) is 4.81. The largest absolute Gasteiger partial charge is 0.383 e. The summed E-state index contributed by atoms with van der Waals surface area (Å²) in [6.45, 7) is 14.3. The quantitative estimate of drug-likeness (QED) is 0.579. The first kappa shape index (κ1) is 13.0. The highest BCUT2D eigenvalue weighted by atomic mass is 16.5. The Labute approximate surface area is 87.6 Å². The van der Waals surface area contributed by atoms with Crippen LogP contribution in [0.25, 0.3) is 0 Å². The molecule has 80 valence electrons. The smallest absolute Gasteiger partial charge is 0.0637 e. The summed E-state index contributed by atoms with van der Waals surface area (Å²) >= 11 is 0. The molecule has 0 rings (SSSR count). The molecule has 0 saturated carbocycles. The van der Waals surface area contributed by atoms with Crippen LogP contribution >= 0.6 is 0 Å². The lowest BCUT2D eigenvalue weighted by Crippen LogP contribution is -2.26. The zero-order valence-corrected chi connectivity index (χ0v) is 9.55. The maximum absolute atomic E-state index is 5.03. The van der Waals surface area contributed by atoms with Crippen LogP contribution in [0.5, 0.6) is 0 Å². The molecule has 0 amide bonds.